The zero-order chi connectivity index (χ0) is 11.5. The molecule has 0 bridgehead atoms. The van der Waals surface area contributed by atoms with E-state index in [1.165, 1.54) is 11.6 Å². The molecular weight excluding hydrogens is 224 g/mol. The van der Waals surface area contributed by atoms with Crippen LogP contribution in [0.25, 0.3) is 0 Å². The molecule has 1 aromatic rings. The van der Waals surface area contributed by atoms with Gasteiger partial charge in [0.1, 0.15) is 0 Å². The molecule has 1 heterocycles. The van der Waals surface area contributed by atoms with Gasteiger partial charge in [0, 0.05) is 24.7 Å². The lowest BCUT2D eigenvalue weighted by molar-refractivity contribution is -0.116. The minimum Gasteiger partial charge on any atom is -0.348 e. The lowest BCUT2D eigenvalue weighted by Crippen LogP contribution is -2.20. The van der Waals surface area contributed by atoms with Crippen LogP contribution in [0.4, 0.5) is 0 Å². The van der Waals surface area contributed by atoms with Crippen LogP contribution in [-0.4, -0.2) is 5.91 Å². The smallest absolute Gasteiger partial charge is 0.243 e. The van der Waals surface area contributed by atoms with Crippen LogP contribution in [0.1, 0.15) is 16.7 Å². The Labute approximate surface area is 99.5 Å². The zero-order valence-electron chi connectivity index (χ0n) is 8.85. The van der Waals surface area contributed by atoms with Crippen molar-refractivity contribution in [3.05, 3.63) is 46.5 Å². The molecule has 0 saturated heterocycles. The number of fused-ring (bicyclic) bond motifs is 1. The predicted molar refractivity (Wildman–Crippen MR) is 64.0 cm³/mol. The topological polar surface area (TPSA) is 41.1 Å². The summed E-state index contributed by atoms with van der Waals surface area (Å²) in [5, 5.41) is 6.81. The second-order valence-electron chi connectivity index (χ2n) is 3.69. The number of halogens is 1. The number of nitrogens with one attached hydrogen (secondary N) is 2. The Balaban J connectivity index is 2.19. The van der Waals surface area contributed by atoms with E-state index >= 15 is 0 Å². The Hall–Kier alpha value is -1.32. The van der Waals surface area contributed by atoms with Crippen LogP contribution < -0.4 is 10.6 Å². The number of carbonyl (C=O) groups excluding carboxylic acids is 1. The second kappa shape index (κ2) is 4.68. The molecular formula is C12H13ClN2O. The molecule has 0 unspecified atom stereocenters. The maximum Gasteiger partial charge on any atom is 0.243 e. The van der Waals surface area contributed by atoms with E-state index in [1.807, 2.05) is 12.1 Å². The molecule has 0 radical (unpaired) electrons. The molecule has 0 atom stereocenters. The van der Waals surface area contributed by atoms with Crippen LogP contribution in [0, 0.1) is 0 Å². The van der Waals surface area contributed by atoms with E-state index in [0.29, 0.717) is 6.54 Å². The van der Waals surface area contributed by atoms with Crippen molar-refractivity contribution >= 4 is 17.5 Å². The van der Waals surface area contributed by atoms with E-state index in [1.54, 1.807) is 0 Å². The summed E-state index contributed by atoms with van der Waals surface area (Å²) in [6.07, 6.45) is 1.27. The molecule has 1 aliphatic rings. The highest BCUT2D eigenvalue weighted by Crippen LogP contribution is 2.27. The fourth-order valence-electron chi connectivity index (χ4n) is 1.86. The van der Waals surface area contributed by atoms with Crippen molar-refractivity contribution < 1.29 is 4.79 Å². The highest BCUT2D eigenvalue weighted by atomic mass is 35.5. The van der Waals surface area contributed by atoms with E-state index in [-0.39, 0.29) is 5.91 Å². The molecule has 0 saturated carbocycles. The summed E-state index contributed by atoms with van der Waals surface area (Å²) < 4.78 is 0. The van der Waals surface area contributed by atoms with E-state index < -0.39 is 0 Å². The Morgan fingerprint density at radius 1 is 1.50 bits per heavy atom. The molecule has 84 valence electrons. The number of rotatable bonds is 3. The van der Waals surface area contributed by atoms with Gasteiger partial charge in [-0.1, -0.05) is 24.2 Å². The van der Waals surface area contributed by atoms with Gasteiger partial charge in [0.25, 0.3) is 0 Å². The van der Waals surface area contributed by atoms with Gasteiger partial charge >= 0.3 is 0 Å². The van der Waals surface area contributed by atoms with Crippen molar-refractivity contribution in [3.8, 4) is 0 Å². The minimum atomic E-state index is -0.158. The third-order valence-corrected chi connectivity index (χ3v) is 3.07. The highest BCUT2D eigenvalue weighted by molar-refractivity contribution is 6.31. The highest BCUT2D eigenvalue weighted by Gasteiger charge is 2.17. The van der Waals surface area contributed by atoms with Gasteiger partial charge < -0.3 is 10.6 Å². The Morgan fingerprint density at radius 2 is 2.25 bits per heavy atom. The van der Waals surface area contributed by atoms with Crippen LogP contribution in [-0.2, 0) is 24.4 Å². The minimum absolute atomic E-state index is 0.158. The zero-order valence-corrected chi connectivity index (χ0v) is 9.60. The first-order valence-corrected chi connectivity index (χ1v) is 5.50. The summed E-state index contributed by atoms with van der Waals surface area (Å²) in [7, 11) is 0. The first-order chi connectivity index (χ1) is 7.72. The van der Waals surface area contributed by atoms with Gasteiger partial charge in [-0.25, -0.2) is 0 Å². The SMILES string of the molecule is C=CC(=O)NCc1ccc(Cl)c2c1CNC2. The molecule has 16 heavy (non-hydrogen) atoms. The lowest BCUT2D eigenvalue weighted by atomic mass is 10.0. The van der Waals surface area contributed by atoms with Crippen LogP contribution in [0.2, 0.25) is 5.02 Å². The molecule has 1 amide bonds. The van der Waals surface area contributed by atoms with Crippen molar-refractivity contribution in [3.63, 3.8) is 0 Å². The summed E-state index contributed by atoms with van der Waals surface area (Å²) in [6, 6.07) is 3.83. The average molecular weight is 237 g/mol. The van der Waals surface area contributed by atoms with Gasteiger partial charge in [-0.05, 0) is 28.8 Å². The summed E-state index contributed by atoms with van der Waals surface area (Å²) in [4.78, 5) is 11.1. The van der Waals surface area contributed by atoms with Gasteiger partial charge in [-0.3, -0.25) is 4.79 Å². The van der Waals surface area contributed by atoms with Crippen molar-refractivity contribution in [2.24, 2.45) is 0 Å². The number of hydrogen-bond donors (Lipinski definition) is 2. The van der Waals surface area contributed by atoms with Crippen molar-refractivity contribution in [2.75, 3.05) is 0 Å². The van der Waals surface area contributed by atoms with Crippen LogP contribution in [0.15, 0.2) is 24.8 Å². The van der Waals surface area contributed by atoms with Gasteiger partial charge in [-0.15, -0.1) is 0 Å². The molecule has 3 nitrogen and oxygen atoms in total. The molecule has 1 aliphatic heterocycles. The van der Waals surface area contributed by atoms with E-state index in [0.717, 1.165) is 29.2 Å². The third-order valence-electron chi connectivity index (χ3n) is 2.71. The van der Waals surface area contributed by atoms with Crippen molar-refractivity contribution in [1.29, 1.82) is 0 Å². The number of amides is 1. The molecule has 0 aromatic heterocycles. The van der Waals surface area contributed by atoms with Crippen LogP contribution >= 0.6 is 11.6 Å². The van der Waals surface area contributed by atoms with Gasteiger partial charge in [-0.2, -0.15) is 0 Å². The number of carbonyl (C=O) groups is 1. The van der Waals surface area contributed by atoms with E-state index in [4.69, 9.17) is 11.6 Å². The molecule has 2 N–H and O–H groups in total. The lowest BCUT2D eigenvalue weighted by Gasteiger charge is -2.09. The first-order valence-electron chi connectivity index (χ1n) is 5.12. The summed E-state index contributed by atoms with van der Waals surface area (Å²) in [5.41, 5.74) is 3.46. The first kappa shape index (κ1) is 11.2. The van der Waals surface area contributed by atoms with Gasteiger partial charge in [0.2, 0.25) is 5.91 Å². The second-order valence-corrected chi connectivity index (χ2v) is 4.10. The van der Waals surface area contributed by atoms with Crippen molar-refractivity contribution in [2.45, 2.75) is 19.6 Å². The molecule has 2 rings (SSSR count). The molecule has 0 aliphatic carbocycles. The van der Waals surface area contributed by atoms with Crippen LogP contribution in [0.3, 0.4) is 0 Å². The maximum absolute atomic E-state index is 11.1. The largest absolute Gasteiger partial charge is 0.348 e. The Morgan fingerprint density at radius 3 is 3.00 bits per heavy atom. The van der Waals surface area contributed by atoms with Gasteiger partial charge in [0.15, 0.2) is 0 Å². The number of hydrogen-bond acceptors (Lipinski definition) is 2. The summed E-state index contributed by atoms with van der Waals surface area (Å²) >= 11 is 6.09. The quantitative estimate of drug-likeness (QED) is 0.785. The fourth-order valence-corrected chi connectivity index (χ4v) is 2.10. The molecule has 1 aromatic carbocycles. The summed E-state index contributed by atoms with van der Waals surface area (Å²) in [6.45, 7) is 5.55. The monoisotopic (exact) mass is 236 g/mol. The molecule has 0 spiro atoms. The van der Waals surface area contributed by atoms with E-state index in [2.05, 4.69) is 17.2 Å². The third kappa shape index (κ3) is 2.10. The number of benzene rings is 1. The van der Waals surface area contributed by atoms with Crippen LogP contribution in [0.5, 0.6) is 0 Å². The Kier molecular flexibility index (Phi) is 3.27. The maximum atomic E-state index is 11.1. The van der Waals surface area contributed by atoms with E-state index in [9.17, 15) is 4.79 Å². The van der Waals surface area contributed by atoms with Crippen molar-refractivity contribution in [1.82, 2.24) is 10.6 Å². The normalized spacial score (nSPS) is 13.3. The standard InChI is InChI=1S/C12H13ClN2O/c1-2-12(16)15-5-8-3-4-11(13)10-7-14-6-9(8)10/h2-4,14H,1,5-7H2,(H,15,16). The molecule has 0 fully saturated rings. The van der Waals surface area contributed by atoms with Gasteiger partial charge in [0.05, 0.1) is 0 Å². The Bertz CT molecular complexity index is 443. The molecule has 4 heteroatoms. The summed E-state index contributed by atoms with van der Waals surface area (Å²) in [5.74, 6) is -0.158. The average Bonchev–Trinajstić information content (AvgIpc) is 2.77. The fraction of sp³-hybridized carbons (Fsp3) is 0.250. The predicted octanol–water partition coefficient (Wildman–Crippen LogP) is 1.75.